The van der Waals surface area contributed by atoms with Gasteiger partial charge in [0.15, 0.2) is 0 Å². The molecule has 2 aromatic carbocycles. The third kappa shape index (κ3) is 3.37. The Morgan fingerprint density at radius 1 is 1.12 bits per heavy atom. The molecule has 0 saturated carbocycles. The Kier molecular flexibility index (Phi) is 4.63. The van der Waals surface area contributed by atoms with Crippen LogP contribution in [0.25, 0.3) is 0 Å². The van der Waals surface area contributed by atoms with E-state index in [0.29, 0.717) is 9.99 Å². The van der Waals surface area contributed by atoms with Gasteiger partial charge in [-0.1, -0.05) is 18.2 Å². The van der Waals surface area contributed by atoms with Crippen molar-refractivity contribution >= 4 is 37.3 Å². The summed E-state index contributed by atoms with van der Waals surface area (Å²) >= 11 is 0. The highest BCUT2D eigenvalue weighted by atomic mass is 32.2. The van der Waals surface area contributed by atoms with E-state index in [0.717, 1.165) is 6.07 Å². The molecule has 10 heteroatoms. The van der Waals surface area contributed by atoms with Gasteiger partial charge in [-0.2, -0.15) is 0 Å². The van der Waals surface area contributed by atoms with Crippen molar-refractivity contribution in [3.63, 3.8) is 0 Å². The second-order valence-corrected chi connectivity index (χ2v) is 9.12. The number of carbonyl (C=O) groups excluding carboxylic acids is 1. The molecule has 26 heavy (non-hydrogen) atoms. The molecule has 0 aromatic heterocycles. The van der Waals surface area contributed by atoms with Gasteiger partial charge in [0.25, 0.3) is 10.0 Å². The Morgan fingerprint density at radius 2 is 1.81 bits per heavy atom. The van der Waals surface area contributed by atoms with E-state index in [9.17, 15) is 21.6 Å². The summed E-state index contributed by atoms with van der Waals surface area (Å²) in [5, 5.41) is 0. The summed E-state index contributed by atoms with van der Waals surface area (Å²) in [6, 6.07) is 12.0. The van der Waals surface area contributed by atoms with E-state index in [4.69, 9.17) is 4.74 Å². The highest BCUT2D eigenvalue weighted by molar-refractivity contribution is 7.94. The molecule has 1 aliphatic rings. The molecule has 0 atom stereocenters. The molecular formula is C16H16N2O6S2. The minimum atomic E-state index is -4.07. The Bertz CT molecular complexity index is 1050. The summed E-state index contributed by atoms with van der Waals surface area (Å²) in [4.78, 5) is 11.7. The average molecular weight is 396 g/mol. The van der Waals surface area contributed by atoms with Gasteiger partial charge in [0.2, 0.25) is 15.9 Å². The summed E-state index contributed by atoms with van der Waals surface area (Å²) in [6.45, 7) is 0. The molecule has 1 aliphatic heterocycles. The molecule has 0 spiro atoms. The molecule has 1 amide bonds. The number of amides is 1. The van der Waals surface area contributed by atoms with Gasteiger partial charge >= 0.3 is 0 Å². The van der Waals surface area contributed by atoms with Gasteiger partial charge in [-0.3, -0.25) is 9.52 Å². The fourth-order valence-corrected chi connectivity index (χ4v) is 5.29. The molecule has 0 bridgehead atoms. The number of sulfonamides is 2. The lowest BCUT2D eigenvalue weighted by atomic mass is 10.3. The fourth-order valence-electron chi connectivity index (χ4n) is 2.59. The molecule has 2 aromatic rings. The van der Waals surface area contributed by atoms with E-state index in [-0.39, 0.29) is 28.5 Å². The molecule has 138 valence electrons. The molecular weight excluding hydrogens is 380 g/mol. The number of benzene rings is 2. The van der Waals surface area contributed by atoms with Gasteiger partial charge in [0.05, 0.1) is 18.6 Å². The van der Waals surface area contributed by atoms with Crippen molar-refractivity contribution in [2.75, 3.05) is 21.9 Å². The number of nitrogens with zero attached hydrogens (tertiary/aromatic N) is 1. The first-order valence-corrected chi connectivity index (χ1v) is 10.7. The Balaban J connectivity index is 2.08. The SMILES string of the molecule is COc1ccc(N2C(=O)CCS2(=O)=O)cc1S(=O)(=O)Nc1ccccc1. The van der Waals surface area contributed by atoms with Crippen LogP contribution in [0.2, 0.25) is 0 Å². The van der Waals surface area contributed by atoms with Crippen molar-refractivity contribution in [2.45, 2.75) is 11.3 Å². The highest BCUT2D eigenvalue weighted by Crippen LogP contribution is 2.33. The lowest BCUT2D eigenvalue weighted by Gasteiger charge is -2.18. The van der Waals surface area contributed by atoms with Crippen LogP contribution in [0, 0.1) is 0 Å². The summed E-state index contributed by atoms with van der Waals surface area (Å²) in [7, 11) is -6.57. The summed E-state index contributed by atoms with van der Waals surface area (Å²) in [5.41, 5.74) is 0.298. The molecule has 0 aliphatic carbocycles. The first-order valence-electron chi connectivity index (χ1n) is 7.56. The first kappa shape index (κ1) is 18.2. The number of para-hydroxylation sites is 1. The minimum absolute atomic E-state index is 0.0289. The largest absolute Gasteiger partial charge is 0.495 e. The van der Waals surface area contributed by atoms with Crippen LogP contribution in [-0.4, -0.2) is 35.6 Å². The average Bonchev–Trinajstić information content (AvgIpc) is 2.88. The van der Waals surface area contributed by atoms with Crippen molar-refractivity contribution in [3.05, 3.63) is 48.5 Å². The molecule has 1 saturated heterocycles. The number of ether oxygens (including phenoxy) is 1. The van der Waals surface area contributed by atoms with Crippen molar-refractivity contribution in [3.8, 4) is 5.75 Å². The lowest BCUT2D eigenvalue weighted by Crippen LogP contribution is -2.29. The van der Waals surface area contributed by atoms with Gasteiger partial charge < -0.3 is 4.74 Å². The topological polar surface area (TPSA) is 110 Å². The number of rotatable bonds is 5. The standard InChI is InChI=1S/C16H16N2O6S2/c1-24-14-8-7-13(18-16(19)9-10-25(18,20)21)11-15(14)26(22,23)17-12-5-3-2-4-6-12/h2-8,11,17H,9-10H2,1H3. The predicted molar refractivity (Wildman–Crippen MR) is 96.1 cm³/mol. The maximum atomic E-state index is 12.7. The second-order valence-electron chi connectivity index (χ2n) is 5.53. The van der Waals surface area contributed by atoms with E-state index in [1.165, 1.54) is 19.2 Å². The van der Waals surface area contributed by atoms with Gasteiger partial charge in [-0.25, -0.2) is 21.1 Å². The van der Waals surface area contributed by atoms with Gasteiger partial charge in [0, 0.05) is 12.1 Å². The van der Waals surface area contributed by atoms with E-state index in [1.54, 1.807) is 30.3 Å². The monoisotopic (exact) mass is 396 g/mol. The van der Waals surface area contributed by atoms with Crippen LogP contribution in [0.5, 0.6) is 5.75 Å². The first-order chi connectivity index (χ1) is 12.2. The van der Waals surface area contributed by atoms with Crippen molar-refractivity contribution in [1.29, 1.82) is 0 Å². The van der Waals surface area contributed by atoms with Gasteiger partial charge in [0.1, 0.15) is 10.6 Å². The maximum Gasteiger partial charge on any atom is 0.265 e. The zero-order valence-electron chi connectivity index (χ0n) is 13.7. The van der Waals surface area contributed by atoms with Crippen LogP contribution in [0.1, 0.15) is 6.42 Å². The molecule has 0 unspecified atom stereocenters. The molecule has 8 nitrogen and oxygen atoms in total. The Labute approximate surface area is 151 Å². The highest BCUT2D eigenvalue weighted by Gasteiger charge is 2.37. The van der Waals surface area contributed by atoms with Crippen LogP contribution < -0.4 is 13.8 Å². The number of nitrogens with one attached hydrogen (secondary N) is 1. The summed E-state index contributed by atoms with van der Waals surface area (Å²) < 4.78 is 57.8. The van der Waals surface area contributed by atoms with E-state index in [2.05, 4.69) is 4.72 Å². The van der Waals surface area contributed by atoms with Crippen LogP contribution in [0.4, 0.5) is 11.4 Å². The number of hydrogen-bond donors (Lipinski definition) is 1. The smallest absolute Gasteiger partial charge is 0.265 e. The zero-order chi connectivity index (χ0) is 18.9. The Morgan fingerprint density at radius 3 is 2.38 bits per heavy atom. The number of carbonyl (C=O) groups is 1. The maximum absolute atomic E-state index is 12.7. The third-order valence-corrected chi connectivity index (χ3v) is 6.87. The van der Waals surface area contributed by atoms with Crippen LogP contribution in [0.3, 0.4) is 0 Å². The summed E-state index contributed by atoms with van der Waals surface area (Å²) in [6.07, 6.45) is -0.140. The zero-order valence-corrected chi connectivity index (χ0v) is 15.4. The van der Waals surface area contributed by atoms with Crippen LogP contribution >= 0.6 is 0 Å². The lowest BCUT2D eigenvalue weighted by molar-refractivity contribution is -0.116. The normalized spacial score (nSPS) is 16.5. The van der Waals surface area contributed by atoms with E-state index < -0.39 is 26.0 Å². The minimum Gasteiger partial charge on any atom is -0.495 e. The number of hydrogen-bond acceptors (Lipinski definition) is 6. The molecule has 1 fully saturated rings. The van der Waals surface area contributed by atoms with Gasteiger partial charge in [-0.05, 0) is 30.3 Å². The van der Waals surface area contributed by atoms with E-state index in [1.807, 2.05) is 0 Å². The van der Waals surface area contributed by atoms with Crippen LogP contribution in [0.15, 0.2) is 53.4 Å². The quantitative estimate of drug-likeness (QED) is 0.821. The third-order valence-electron chi connectivity index (χ3n) is 3.78. The van der Waals surface area contributed by atoms with Crippen LogP contribution in [-0.2, 0) is 24.8 Å². The van der Waals surface area contributed by atoms with E-state index >= 15 is 0 Å². The Hall–Kier alpha value is -2.59. The van der Waals surface area contributed by atoms with Crippen molar-refractivity contribution < 1.29 is 26.4 Å². The molecule has 1 N–H and O–H groups in total. The second kappa shape index (κ2) is 6.61. The number of anilines is 2. The predicted octanol–water partition coefficient (Wildman–Crippen LogP) is 1.56. The van der Waals surface area contributed by atoms with Gasteiger partial charge in [-0.15, -0.1) is 0 Å². The van der Waals surface area contributed by atoms with Crippen molar-refractivity contribution in [2.24, 2.45) is 0 Å². The molecule has 0 radical (unpaired) electrons. The molecule has 3 rings (SSSR count). The van der Waals surface area contributed by atoms with Crippen molar-refractivity contribution in [1.82, 2.24) is 0 Å². The molecule has 1 heterocycles. The summed E-state index contributed by atoms with van der Waals surface area (Å²) in [5.74, 6) is -0.877. The fraction of sp³-hybridized carbons (Fsp3) is 0.188. The number of methoxy groups -OCH3 is 1.